The summed E-state index contributed by atoms with van der Waals surface area (Å²) >= 11 is 0. The number of halogens is 3. The quantitative estimate of drug-likeness (QED) is 0.238. The molecule has 1 aliphatic carbocycles. The van der Waals surface area contributed by atoms with Crippen LogP contribution in [0.15, 0.2) is 30.5 Å². The first kappa shape index (κ1) is 30.2. The summed E-state index contributed by atoms with van der Waals surface area (Å²) in [6, 6.07) is 3.63. The number of anilines is 1. The molecule has 1 unspecified atom stereocenters. The zero-order valence-corrected chi connectivity index (χ0v) is 23.2. The molecule has 0 spiro atoms. The van der Waals surface area contributed by atoms with E-state index in [4.69, 9.17) is 4.74 Å². The third-order valence-corrected chi connectivity index (χ3v) is 7.78. The van der Waals surface area contributed by atoms with Crippen molar-refractivity contribution in [2.45, 2.75) is 44.4 Å². The lowest BCUT2D eigenvalue weighted by molar-refractivity contribution is -0.00478. The van der Waals surface area contributed by atoms with E-state index < -0.39 is 70.1 Å². The van der Waals surface area contributed by atoms with Crippen LogP contribution in [0.25, 0.3) is 11.3 Å². The van der Waals surface area contributed by atoms with Crippen LogP contribution in [-0.2, 0) is 12.0 Å². The average molecular weight is 602 g/mol. The maximum Gasteiger partial charge on any atom is 0.405 e. The van der Waals surface area contributed by atoms with Crippen LogP contribution >= 0.6 is 0 Å². The molecular formula is C29H30F3N5O6. The van der Waals surface area contributed by atoms with Crippen LogP contribution in [0, 0.1) is 23.4 Å². The minimum Gasteiger partial charge on any atom is -0.494 e. The lowest BCUT2D eigenvalue weighted by atomic mass is 9.74. The van der Waals surface area contributed by atoms with Gasteiger partial charge in [-0.1, -0.05) is 6.92 Å². The van der Waals surface area contributed by atoms with Gasteiger partial charge in [-0.2, -0.15) is 0 Å². The SMILES string of the molecule is CCOc1cc(F)c(-c2nc(C(=O)Nc3cnc4c(c3[C@@]3(NC(=O)O)CNC[C@H](C)[C@H]3O)CCC4O)ccc2F)c(F)c1. The highest BCUT2D eigenvalue weighted by molar-refractivity contribution is 6.04. The number of fused-ring (bicyclic) bond motifs is 1. The fourth-order valence-corrected chi connectivity index (χ4v) is 5.89. The second-order valence-electron chi connectivity index (χ2n) is 10.6. The largest absolute Gasteiger partial charge is 0.494 e. The van der Waals surface area contributed by atoms with Crippen molar-refractivity contribution in [1.29, 1.82) is 0 Å². The second kappa shape index (κ2) is 11.8. The highest BCUT2D eigenvalue weighted by Crippen LogP contribution is 2.44. The summed E-state index contributed by atoms with van der Waals surface area (Å²) in [6.07, 6.45) is -1.81. The number of aliphatic hydroxyl groups excluding tert-OH is 2. The standard InChI is InChI=1S/C29H30F3N5O6/c1-3-43-14-8-17(31)22(18(32)9-14)25-16(30)5-6-19(35-25)27(40)36-20-11-34-24-15(4-7-21(24)38)23(20)29(37-28(41)42)12-33-10-13(2)26(29)39/h5-6,8-9,11,13,21,26,33,37-39H,3-4,7,10,12H2,1-2H3,(H,36,40)(H,41,42)/t13-,21?,26+,29-/m0/s1. The zero-order valence-electron chi connectivity index (χ0n) is 23.2. The maximum absolute atomic E-state index is 14.9. The van der Waals surface area contributed by atoms with Gasteiger partial charge in [0.15, 0.2) is 0 Å². The van der Waals surface area contributed by atoms with E-state index >= 15 is 0 Å². The van der Waals surface area contributed by atoms with Gasteiger partial charge in [0.05, 0.1) is 42.0 Å². The number of aliphatic hydroxyl groups is 2. The zero-order chi connectivity index (χ0) is 31.1. The van der Waals surface area contributed by atoms with Gasteiger partial charge in [0.1, 0.15) is 40.1 Å². The van der Waals surface area contributed by atoms with Crippen LogP contribution in [0.2, 0.25) is 0 Å². The maximum atomic E-state index is 14.9. The minimum absolute atomic E-state index is 0.00709. The lowest BCUT2D eigenvalue weighted by Gasteiger charge is -2.46. The Bertz CT molecular complexity index is 1570. The van der Waals surface area contributed by atoms with Gasteiger partial charge in [-0.3, -0.25) is 9.78 Å². The van der Waals surface area contributed by atoms with E-state index in [2.05, 4.69) is 25.9 Å². The molecule has 2 aliphatic rings. The van der Waals surface area contributed by atoms with Gasteiger partial charge in [0.2, 0.25) is 0 Å². The molecule has 5 rings (SSSR count). The van der Waals surface area contributed by atoms with E-state index in [1.54, 1.807) is 13.8 Å². The number of hydrogen-bond acceptors (Lipinski definition) is 8. The minimum atomic E-state index is -1.65. The van der Waals surface area contributed by atoms with E-state index in [-0.39, 0.29) is 48.7 Å². The summed E-state index contributed by atoms with van der Waals surface area (Å²) in [7, 11) is 0. The molecule has 0 bridgehead atoms. The highest BCUT2D eigenvalue weighted by atomic mass is 19.1. The Kier molecular flexibility index (Phi) is 8.27. The number of aromatic nitrogens is 2. The van der Waals surface area contributed by atoms with Gasteiger partial charge in [0, 0.05) is 30.8 Å². The number of amides is 2. The molecule has 1 fully saturated rings. The number of pyridine rings is 2. The fourth-order valence-electron chi connectivity index (χ4n) is 5.89. The van der Waals surface area contributed by atoms with Gasteiger partial charge in [-0.15, -0.1) is 0 Å². The number of carboxylic acid groups (broad SMARTS) is 1. The van der Waals surface area contributed by atoms with Gasteiger partial charge in [-0.05, 0) is 43.4 Å². The molecule has 2 amide bonds. The Balaban J connectivity index is 1.59. The molecule has 1 saturated heterocycles. The van der Waals surface area contributed by atoms with Crippen molar-refractivity contribution in [1.82, 2.24) is 20.6 Å². The monoisotopic (exact) mass is 601 g/mol. The summed E-state index contributed by atoms with van der Waals surface area (Å²) in [5.41, 5.74) is -2.64. The molecule has 14 heteroatoms. The van der Waals surface area contributed by atoms with Gasteiger partial charge < -0.3 is 36.0 Å². The average Bonchev–Trinajstić information content (AvgIpc) is 3.32. The summed E-state index contributed by atoms with van der Waals surface area (Å²) in [4.78, 5) is 33.7. The third kappa shape index (κ3) is 5.48. The Morgan fingerprint density at radius 3 is 2.56 bits per heavy atom. The topological polar surface area (TPSA) is 166 Å². The van der Waals surface area contributed by atoms with E-state index in [1.807, 2.05) is 0 Å². The van der Waals surface area contributed by atoms with Crippen molar-refractivity contribution >= 4 is 17.7 Å². The van der Waals surface area contributed by atoms with E-state index in [1.165, 1.54) is 6.20 Å². The number of carbonyl (C=O) groups is 2. The third-order valence-electron chi connectivity index (χ3n) is 7.78. The molecule has 3 aromatic rings. The first-order valence-corrected chi connectivity index (χ1v) is 13.7. The molecular weight excluding hydrogens is 571 g/mol. The van der Waals surface area contributed by atoms with Crippen molar-refractivity contribution in [3.8, 4) is 17.0 Å². The number of carbonyl (C=O) groups excluding carboxylic acids is 1. The van der Waals surface area contributed by atoms with Crippen molar-refractivity contribution in [2.24, 2.45) is 5.92 Å². The number of nitrogens with one attached hydrogen (secondary N) is 3. The van der Waals surface area contributed by atoms with E-state index in [0.29, 0.717) is 12.1 Å². The normalized spacial score (nSPS) is 23.0. The number of piperidine rings is 1. The second-order valence-corrected chi connectivity index (χ2v) is 10.6. The molecule has 0 saturated carbocycles. The number of nitrogens with zero attached hydrogens (tertiary/aromatic N) is 2. The smallest absolute Gasteiger partial charge is 0.405 e. The molecule has 2 aromatic heterocycles. The fraction of sp³-hybridized carbons (Fsp3) is 0.379. The molecule has 11 nitrogen and oxygen atoms in total. The van der Waals surface area contributed by atoms with Crippen molar-refractivity contribution < 1.29 is 42.8 Å². The Labute approximate surface area is 244 Å². The van der Waals surface area contributed by atoms with E-state index in [0.717, 1.165) is 24.3 Å². The molecule has 43 heavy (non-hydrogen) atoms. The van der Waals surface area contributed by atoms with Crippen molar-refractivity contribution in [2.75, 3.05) is 25.0 Å². The molecule has 228 valence electrons. The Morgan fingerprint density at radius 2 is 1.88 bits per heavy atom. The van der Waals surface area contributed by atoms with Crippen LogP contribution in [0.5, 0.6) is 5.75 Å². The highest BCUT2D eigenvalue weighted by Gasteiger charge is 2.50. The van der Waals surface area contributed by atoms with Gasteiger partial charge in [0.25, 0.3) is 5.91 Å². The molecule has 4 atom stereocenters. The first-order chi connectivity index (χ1) is 20.5. The van der Waals surface area contributed by atoms with Crippen LogP contribution in [0.1, 0.15) is 53.7 Å². The van der Waals surface area contributed by atoms with Crippen LogP contribution in [-0.4, -0.2) is 63.1 Å². The van der Waals surface area contributed by atoms with Crippen LogP contribution < -0.4 is 20.7 Å². The number of rotatable bonds is 7. The summed E-state index contributed by atoms with van der Waals surface area (Å²) in [6.45, 7) is 3.85. The summed E-state index contributed by atoms with van der Waals surface area (Å²) < 4.78 is 49.7. The van der Waals surface area contributed by atoms with Crippen LogP contribution in [0.3, 0.4) is 0 Å². The van der Waals surface area contributed by atoms with E-state index in [9.17, 15) is 38.1 Å². The van der Waals surface area contributed by atoms with Gasteiger partial charge >= 0.3 is 6.09 Å². The van der Waals surface area contributed by atoms with Crippen LogP contribution in [0.4, 0.5) is 23.7 Å². The Hall–Kier alpha value is -4.27. The van der Waals surface area contributed by atoms with Gasteiger partial charge in [-0.25, -0.2) is 22.9 Å². The molecule has 0 radical (unpaired) electrons. The number of hydrogen-bond donors (Lipinski definition) is 6. The molecule has 1 aromatic carbocycles. The predicted octanol–water partition coefficient (Wildman–Crippen LogP) is 3.25. The molecule has 1 aliphatic heterocycles. The van der Waals surface area contributed by atoms with Crippen molar-refractivity contribution in [3.63, 3.8) is 0 Å². The lowest BCUT2D eigenvalue weighted by Crippen LogP contribution is -2.65. The predicted molar refractivity (Wildman–Crippen MR) is 147 cm³/mol. The number of ether oxygens (including phenoxy) is 1. The molecule has 6 N–H and O–H groups in total. The summed E-state index contributed by atoms with van der Waals surface area (Å²) in [5.74, 6) is -4.82. The molecule has 3 heterocycles. The first-order valence-electron chi connectivity index (χ1n) is 13.7. The summed E-state index contributed by atoms with van der Waals surface area (Å²) in [5, 5.41) is 39.8. The Morgan fingerprint density at radius 1 is 1.16 bits per heavy atom. The van der Waals surface area contributed by atoms with Crippen molar-refractivity contribution in [3.05, 3.63) is 70.4 Å². The number of benzene rings is 1.